The second-order valence-corrected chi connectivity index (χ2v) is 9.23. The molecular formula is C27H23F2N3O3. The van der Waals surface area contributed by atoms with Crippen LogP contribution in [0.4, 0.5) is 8.78 Å². The van der Waals surface area contributed by atoms with E-state index >= 15 is 0 Å². The minimum absolute atomic E-state index is 0.0980. The molecule has 2 aliphatic rings. The van der Waals surface area contributed by atoms with E-state index in [2.05, 4.69) is 17.3 Å². The quantitative estimate of drug-likeness (QED) is 0.408. The Bertz CT molecular complexity index is 1580. The molecule has 1 aromatic heterocycles. The summed E-state index contributed by atoms with van der Waals surface area (Å²) in [5, 5.41) is 4.49. The number of hydrogen-bond donors (Lipinski definition) is 1. The van der Waals surface area contributed by atoms with Gasteiger partial charge in [-0.2, -0.15) is 4.39 Å². The molecule has 1 atom stereocenters. The van der Waals surface area contributed by atoms with Crippen LogP contribution in [0.1, 0.15) is 29.6 Å². The first kappa shape index (κ1) is 21.7. The summed E-state index contributed by atoms with van der Waals surface area (Å²) in [7, 11) is 2.06. The lowest BCUT2D eigenvalue weighted by Crippen LogP contribution is -2.34. The van der Waals surface area contributed by atoms with Crippen LogP contribution < -0.4 is 15.5 Å². The molecule has 0 saturated carbocycles. The molecule has 3 aromatic carbocycles. The van der Waals surface area contributed by atoms with Crippen LogP contribution in [0.3, 0.4) is 0 Å². The highest BCUT2D eigenvalue weighted by Gasteiger charge is 2.29. The second-order valence-electron chi connectivity index (χ2n) is 9.23. The van der Waals surface area contributed by atoms with Crippen LogP contribution in [0, 0.1) is 11.6 Å². The lowest BCUT2D eigenvalue weighted by Gasteiger charge is -2.25. The van der Waals surface area contributed by atoms with Crippen molar-refractivity contribution in [1.82, 2.24) is 14.8 Å². The molecule has 1 saturated heterocycles. The van der Waals surface area contributed by atoms with Crippen molar-refractivity contribution in [3.05, 3.63) is 76.1 Å². The number of halogens is 2. The minimum atomic E-state index is -1.21. The number of amides is 1. The van der Waals surface area contributed by atoms with Gasteiger partial charge in [0.15, 0.2) is 17.3 Å². The highest BCUT2D eigenvalue weighted by atomic mass is 19.2. The largest absolute Gasteiger partial charge is 0.450 e. The molecule has 178 valence electrons. The summed E-state index contributed by atoms with van der Waals surface area (Å²) in [5.74, 6) is -2.98. The maximum atomic E-state index is 14.8. The first-order valence-corrected chi connectivity index (χ1v) is 11.7. The molecule has 6 nitrogen and oxygen atoms in total. The molecule has 0 radical (unpaired) electrons. The van der Waals surface area contributed by atoms with Gasteiger partial charge in [0.25, 0.3) is 5.91 Å². The Morgan fingerprint density at radius 3 is 2.69 bits per heavy atom. The van der Waals surface area contributed by atoms with Crippen molar-refractivity contribution < 1.29 is 18.3 Å². The van der Waals surface area contributed by atoms with Gasteiger partial charge in [0.05, 0.1) is 11.1 Å². The molecule has 4 aromatic rings. The molecule has 0 aliphatic carbocycles. The second kappa shape index (κ2) is 8.16. The van der Waals surface area contributed by atoms with Gasteiger partial charge in [-0.05, 0) is 61.8 Å². The fraction of sp³-hybridized carbons (Fsp3) is 0.259. The summed E-state index contributed by atoms with van der Waals surface area (Å²) in [4.78, 5) is 28.6. The van der Waals surface area contributed by atoms with Crippen LogP contribution in [0.2, 0.25) is 0 Å². The maximum Gasteiger partial charge on any atom is 0.256 e. The number of pyridine rings is 1. The van der Waals surface area contributed by atoms with Crippen LogP contribution in [0.25, 0.3) is 27.4 Å². The van der Waals surface area contributed by atoms with Crippen molar-refractivity contribution in [2.45, 2.75) is 25.3 Å². The number of fused-ring (bicyclic) bond motifs is 3. The van der Waals surface area contributed by atoms with E-state index in [9.17, 15) is 18.4 Å². The van der Waals surface area contributed by atoms with Gasteiger partial charge >= 0.3 is 0 Å². The van der Waals surface area contributed by atoms with E-state index in [1.54, 1.807) is 10.6 Å². The van der Waals surface area contributed by atoms with Gasteiger partial charge in [-0.15, -0.1) is 0 Å². The number of carbonyl (C=O) groups is 1. The molecule has 1 amide bonds. The zero-order chi connectivity index (χ0) is 24.3. The zero-order valence-corrected chi connectivity index (χ0v) is 19.1. The number of rotatable bonds is 4. The van der Waals surface area contributed by atoms with Crippen molar-refractivity contribution in [3.63, 3.8) is 0 Å². The first-order valence-electron chi connectivity index (χ1n) is 11.7. The van der Waals surface area contributed by atoms with Crippen LogP contribution in [-0.2, 0) is 0 Å². The van der Waals surface area contributed by atoms with Crippen molar-refractivity contribution in [2.75, 3.05) is 20.1 Å². The van der Waals surface area contributed by atoms with Crippen LogP contribution >= 0.6 is 0 Å². The molecule has 2 aliphatic heterocycles. The highest BCUT2D eigenvalue weighted by Crippen LogP contribution is 2.43. The number of nitrogens with zero attached hydrogens (tertiary/aromatic N) is 2. The van der Waals surface area contributed by atoms with Crippen molar-refractivity contribution in [3.8, 4) is 17.2 Å². The van der Waals surface area contributed by atoms with E-state index in [0.29, 0.717) is 24.0 Å². The fourth-order valence-corrected chi connectivity index (χ4v) is 5.23. The van der Waals surface area contributed by atoms with Gasteiger partial charge in [0.2, 0.25) is 11.2 Å². The van der Waals surface area contributed by atoms with Crippen molar-refractivity contribution >= 4 is 27.6 Å². The number of carbonyl (C=O) groups excluding carboxylic acids is 1. The Kier molecular flexibility index (Phi) is 5.07. The normalized spacial score (nSPS) is 16.9. The molecule has 1 fully saturated rings. The molecule has 1 unspecified atom stereocenters. The predicted octanol–water partition coefficient (Wildman–Crippen LogP) is 4.74. The number of hydrogen-bond acceptors (Lipinski definition) is 4. The van der Waals surface area contributed by atoms with E-state index in [4.69, 9.17) is 4.74 Å². The van der Waals surface area contributed by atoms with E-state index in [1.165, 1.54) is 6.20 Å². The number of aromatic nitrogens is 1. The van der Waals surface area contributed by atoms with Crippen molar-refractivity contribution in [1.29, 1.82) is 0 Å². The third-order valence-electron chi connectivity index (χ3n) is 7.12. The average Bonchev–Trinajstić information content (AvgIpc) is 3.26. The monoisotopic (exact) mass is 475 g/mol. The minimum Gasteiger partial charge on any atom is -0.450 e. The average molecular weight is 475 g/mol. The van der Waals surface area contributed by atoms with E-state index in [1.807, 2.05) is 30.3 Å². The van der Waals surface area contributed by atoms with Gasteiger partial charge in [-0.25, -0.2) is 4.39 Å². The Hall–Kier alpha value is -3.78. The number of ether oxygens (including phenoxy) is 1. The summed E-state index contributed by atoms with van der Waals surface area (Å²) in [6.07, 6.45) is 4.38. The molecule has 0 bridgehead atoms. The maximum absolute atomic E-state index is 14.8. The summed E-state index contributed by atoms with van der Waals surface area (Å²) in [5.41, 5.74) is -0.162. The lowest BCUT2D eigenvalue weighted by atomic mass is 10.0. The lowest BCUT2D eigenvalue weighted by molar-refractivity contribution is 0.0949. The standard InChI is InChI=1S/C27H23F2N3O3/c1-31-10-4-7-17(31)8-9-30-27(34)19-14-32-21-11-15-5-2-3-6-16(15)12-22(21)35-26-23(29)20(28)13-18(24(26)32)25(19)33/h2-3,5-6,11-14,17H,4,7-10H2,1H3,(H,30,34). The smallest absolute Gasteiger partial charge is 0.256 e. The Morgan fingerprint density at radius 1 is 1.17 bits per heavy atom. The molecule has 0 spiro atoms. The third kappa shape index (κ3) is 3.47. The summed E-state index contributed by atoms with van der Waals surface area (Å²) in [6.45, 7) is 1.45. The fourth-order valence-electron chi connectivity index (χ4n) is 5.23. The first-order chi connectivity index (χ1) is 16.9. The molecule has 8 heteroatoms. The van der Waals surface area contributed by atoms with Crippen LogP contribution in [0.5, 0.6) is 11.5 Å². The Labute approximate surface area is 199 Å². The van der Waals surface area contributed by atoms with E-state index in [-0.39, 0.29) is 22.2 Å². The van der Waals surface area contributed by atoms with Crippen LogP contribution in [0.15, 0.2) is 53.5 Å². The van der Waals surface area contributed by atoms with Gasteiger partial charge in [0.1, 0.15) is 11.1 Å². The van der Waals surface area contributed by atoms with Crippen LogP contribution in [-0.4, -0.2) is 41.6 Å². The SMILES string of the molecule is CN1CCCC1CCNC(=O)c1cn2c3c(c(F)c(F)cc3c1=O)Oc1cc3ccccc3cc1-2. The van der Waals surface area contributed by atoms with E-state index < -0.39 is 23.0 Å². The van der Waals surface area contributed by atoms with Gasteiger partial charge in [0, 0.05) is 18.8 Å². The van der Waals surface area contributed by atoms with Gasteiger partial charge in [-0.1, -0.05) is 24.3 Å². The van der Waals surface area contributed by atoms with Gasteiger partial charge < -0.3 is 19.5 Å². The zero-order valence-electron chi connectivity index (χ0n) is 19.1. The summed E-state index contributed by atoms with van der Waals surface area (Å²) in [6, 6.07) is 12.4. The topological polar surface area (TPSA) is 63.6 Å². The Morgan fingerprint density at radius 2 is 1.94 bits per heavy atom. The summed E-state index contributed by atoms with van der Waals surface area (Å²) < 4.78 is 36.6. The number of likely N-dealkylation sites (tertiary alicyclic amines) is 1. The van der Waals surface area contributed by atoms with E-state index in [0.717, 1.165) is 42.6 Å². The molecule has 6 rings (SSSR count). The Balaban J connectivity index is 1.47. The molecule has 35 heavy (non-hydrogen) atoms. The molecule has 3 heterocycles. The molecular weight excluding hydrogens is 452 g/mol. The number of benzene rings is 3. The van der Waals surface area contributed by atoms with Gasteiger partial charge in [-0.3, -0.25) is 9.59 Å². The predicted molar refractivity (Wildman–Crippen MR) is 130 cm³/mol. The third-order valence-corrected chi connectivity index (χ3v) is 7.12. The highest BCUT2D eigenvalue weighted by molar-refractivity contribution is 6.00. The number of nitrogens with one attached hydrogen (secondary N) is 1. The summed E-state index contributed by atoms with van der Waals surface area (Å²) >= 11 is 0. The van der Waals surface area contributed by atoms with Crippen molar-refractivity contribution in [2.24, 2.45) is 0 Å². The molecule has 1 N–H and O–H groups in total.